The summed E-state index contributed by atoms with van der Waals surface area (Å²) in [6.07, 6.45) is 3.01. The van der Waals surface area contributed by atoms with Gasteiger partial charge in [-0.15, -0.1) is 0 Å². The van der Waals surface area contributed by atoms with Gasteiger partial charge in [0.25, 0.3) is 0 Å². The first kappa shape index (κ1) is 10.5. The zero-order chi connectivity index (χ0) is 9.84. The summed E-state index contributed by atoms with van der Waals surface area (Å²) in [4.78, 5) is 13.3. The van der Waals surface area contributed by atoms with Crippen molar-refractivity contribution in [2.24, 2.45) is 5.73 Å². The van der Waals surface area contributed by atoms with E-state index in [2.05, 4.69) is 0 Å². The van der Waals surface area contributed by atoms with Gasteiger partial charge in [0, 0.05) is 6.54 Å². The molecule has 1 aliphatic heterocycles. The summed E-state index contributed by atoms with van der Waals surface area (Å²) in [6.45, 7) is 2.48. The molecule has 1 heterocycles. The topological polar surface area (TPSA) is 66.6 Å². The molecule has 4 heteroatoms. The maximum Gasteiger partial charge on any atom is 0.239 e. The zero-order valence-electron chi connectivity index (χ0n) is 8.07. The van der Waals surface area contributed by atoms with Crippen LogP contribution in [0.4, 0.5) is 0 Å². The van der Waals surface area contributed by atoms with Crippen LogP contribution in [-0.4, -0.2) is 41.1 Å². The van der Waals surface area contributed by atoms with Crippen molar-refractivity contribution in [3.63, 3.8) is 0 Å². The van der Waals surface area contributed by atoms with Crippen LogP contribution < -0.4 is 5.73 Å². The zero-order valence-corrected chi connectivity index (χ0v) is 8.07. The van der Waals surface area contributed by atoms with Crippen molar-refractivity contribution in [1.29, 1.82) is 0 Å². The molecule has 1 amide bonds. The molecule has 13 heavy (non-hydrogen) atoms. The average molecular weight is 186 g/mol. The molecule has 1 fully saturated rings. The van der Waals surface area contributed by atoms with E-state index in [1.165, 1.54) is 0 Å². The predicted octanol–water partition coefficient (Wildman–Crippen LogP) is -0.293. The number of hydrogen-bond donors (Lipinski definition) is 2. The summed E-state index contributed by atoms with van der Waals surface area (Å²) in [6, 6.07) is -0.459. The Balaban J connectivity index is 2.58. The maximum atomic E-state index is 11.6. The second-order valence-corrected chi connectivity index (χ2v) is 3.65. The van der Waals surface area contributed by atoms with E-state index >= 15 is 0 Å². The fourth-order valence-corrected chi connectivity index (χ4v) is 1.74. The second-order valence-electron chi connectivity index (χ2n) is 3.65. The van der Waals surface area contributed by atoms with Gasteiger partial charge in [-0.1, -0.05) is 0 Å². The summed E-state index contributed by atoms with van der Waals surface area (Å²) in [5.74, 6) is -0.0428. The molecule has 0 saturated carbocycles. The number of rotatable bonds is 2. The largest absolute Gasteiger partial charge is 0.394 e. The summed E-state index contributed by atoms with van der Waals surface area (Å²) in [5, 5.41) is 9.06. The molecule has 0 aromatic heterocycles. The third kappa shape index (κ3) is 2.42. The first-order valence-electron chi connectivity index (χ1n) is 4.83. The van der Waals surface area contributed by atoms with Crippen LogP contribution in [0.15, 0.2) is 0 Å². The van der Waals surface area contributed by atoms with Gasteiger partial charge in [-0.05, 0) is 26.2 Å². The number of nitrogens with two attached hydrogens (primary N) is 1. The number of aliphatic hydroxyl groups excluding tert-OH is 1. The van der Waals surface area contributed by atoms with Crippen molar-refractivity contribution in [3.8, 4) is 0 Å². The van der Waals surface area contributed by atoms with E-state index in [1.807, 2.05) is 0 Å². The Labute approximate surface area is 78.7 Å². The molecule has 3 N–H and O–H groups in total. The van der Waals surface area contributed by atoms with Crippen LogP contribution in [0.2, 0.25) is 0 Å². The molecule has 1 unspecified atom stereocenters. The highest BCUT2D eigenvalue weighted by atomic mass is 16.3. The van der Waals surface area contributed by atoms with Gasteiger partial charge < -0.3 is 15.7 Å². The standard InChI is InChI=1S/C9H18N2O2/c1-7(10)9(13)11-5-3-2-4-8(11)6-12/h7-8,12H,2-6,10H2,1H3/t7-,8?/m1/s1. The molecule has 0 aromatic carbocycles. The first-order valence-corrected chi connectivity index (χ1v) is 4.83. The highest BCUT2D eigenvalue weighted by Crippen LogP contribution is 2.16. The van der Waals surface area contributed by atoms with Gasteiger partial charge in [-0.25, -0.2) is 0 Å². The molecule has 1 aliphatic rings. The Morgan fingerprint density at radius 3 is 2.92 bits per heavy atom. The van der Waals surface area contributed by atoms with E-state index in [4.69, 9.17) is 10.8 Å². The second kappa shape index (κ2) is 4.58. The lowest BCUT2D eigenvalue weighted by molar-refractivity contribution is -0.136. The van der Waals surface area contributed by atoms with Gasteiger partial charge in [0.05, 0.1) is 18.7 Å². The number of hydrogen-bond acceptors (Lipinski definition) is 3. The van der Waals surface area contributed by atoms with Crippen LogP contribution in [0, 0.1) is 0 Å². The van der Waals surface area contributed by atoms with Crippen LogP contribution in [0.5, 0.6) is 0 Å². The van der Waals surface area contributed by atoms with Crippen molar-refractivity contribution >= 4 is 5.91 Å². The highest BCUT2D eigenvalue weighted by molar-refractivity contribution is 5.81. The lowest BCUT2D eigenvalue weighted by Crippen LogP contribution is -2.51. The molecule has 1 saturated heterocycles. The van der Waals surface area contributed by atoms with E-state index in [-0.39, 0.29) is 18.6 Å². The number of nitrogens with zero attached hydrogens (tertiary/aromatic N) is 1. The fraction of sp³-hybridized carbons (Fsp3) is 0.889. The Morgan fingerprint density at radius 2 is 2.38 bits per heavy atom. The van der Waals surface area contributed by atoms with Crippen LogP contribution in [0.1, 0.15) is 26.2 Å². The number of aliphatic hydroxyl groups is 1. The quantitative estimate of drug-likeness (QED) is 0.622. The molecule has 0 radical (unpaired) electrons. The molecule has 76 valence electrons. The molecule has 2 atom stereocenters. The Kier molecular flexibility index (Phi) is 3.69. The predicted molar refractivity (Wildman–Crippen MR) is 50.1 cm³/mol. The molecule has 0 aromatic rings. The molecule has 0 aliphatic carbocycles. The number of carbonyl (C=O) groups is 1. The van der Waals surface area contributed by atoms with Gasteiger partial charge >= 0.3 is 0 Å². The lowest BCUT2D eigenvalue weighted by atomic mass is 10.0. The van der Waals surface area contributed by atoms with Crippen LogP contribution in [-0.2, 0) is 4.79 Å². The lowest BCUT2D eigenvalue weighted by Gasteiger charge is -2.35. The molecule has 4 nitrogen and oxygen atoms in total. The van der Waals surface area contributed by atoms with Gasteiger partial charge in [-0.2, -0.15) is 0 Å². The Hall–Kier alpha value is -0.610. The third-order valence-corrected chi connectivity index (χ3v) is 2.51. The van der Waals surface area contributed by atoms with Crippen LogP contribution in [0.25, 0.3) is 0 Å². The molecule has 1 rings (SSSR count). The number of carbonyl (C=O) groups excluding carboxylic acids is 1. The monoisotopic (exact) mass is 186 g/mol. The van der Waals surface area contributed by atoms with Gasteiger partial charge in [-0.3, -0.25) is 4.79 Å². The van der Waals surface area contributed by atoms with Gasteiger partial charge in [0.2, 0.25) is 5.91 Å². The third-order valence-electron chi connectivity index (χ3n) is 2.51. The molecule has 0 bridgehead atoms. The smallest absolute Gasteiger partial charge is 0.239 e. The highest BCUT2D eigenvalue weighted by Gasteiger charge is 2.27. The van der Waals surface area contributed by atoms with Crippen molar-refractivity contribution in [2.75, 3.05) is 13.2 Å². The Morgan fingerprint density at radius 1 is 1.69 bits per heavy atom. The van der Waals surface area contributed by atoms with Crippen molar-refractivity contribution in [2.45, 2.75) is 38.3 Å². The van der Waals surface area contributed by atoms with Crippen LogP contribution >= 0.6 is 0 Å². The first-order chi connectivity index (χ1) is 6.16. The van der Waals surface area contributed by atoms with Crippen LogP contribution in [0.3, 0.4) is 0 Å². The minimum atomic E-state index is -0.452. The average Bonchev–Trinajstić information content (AvgIpc) is 2.16. The van der Waals surface area contributed by atoms with E-state index in [0.717, 1.165) is 25.8 Å². The summed E-state index contributed by atoms with van der Waals surface area (Å²) in [7, 11) is 0. The molecular weight excluding hydrogens is 168 g/mol. The number of amides is 1. The van der Waals surface area contributed by atoms with Crippen molar-refractivity contribution < 1.29 is 9.90 Å². The SMILES string of the molecule is C[C@@H](N)C(=O)N1CCCCC1CO. The summed E-state index contributed by atoms with van der Waals surface area (Å²) >= 11 is 0. The van der Waals surface area contributed by atoms with E-state index < -0.39 is 6.04 Å². The molecular formula is C9H18N2O2. The molecule has 0 spiro atoms. The Bertz CT molecular complexity index is 182. The van der Waals surface area contributed by atoms with E-state index in [9.17, 15) is 4.79 Å². The minimum absolute atomic E-state index is 0.00718. The summed E-state index contributed by atoms with van der Waals surface area (Å²) < 4.78 is 0. The van der Waals surface area contributed by atoms with Crippen molar-refractivity contribution in [1.82, 2.24) is 4.90 Å². The van der Waals surface area contributed by atoms with Gasteiger partial charge in [0.15, 0.2) is 0 Å². The maximum absolute atomic E-state index is 11.6. The minimum Gasteiger partial charge on any atom is -0.394 e. The van der Waals surface area contributed by atoms with E-state index in [0.29, 0.717) is 0 Å². The number of likely N-dealkylation sites (tertiary alicyclic amines) is 1. The van der Waals surface area contributed by atoms with Gasteiger partial charge in [0.1, 0.15) is 0 Å². The fourth-order valence-electron chi connectivity index (χ4n) is 1.74. The number of piperidine rings is 1. The summed E-state index contributed by atoms with van der Waals surface area (Å²) in [5.41, 5.74) is 5.51. The van der Waals surface area contributed by atoms with Crippen molar-refractivity contribution in [3.05, 3.63) is 0 Å². The van der Waals surface area contributed by atoms with E-state index in [1.54, 1.807) is 11.8 Å². The normalized spacial score (nSPS) is 25.8.